The zero-order valence-corrected chi connectivity index (χ0v) is 18.7. The van der Waals surface area contributed by atoms with Gasteiger partial charge in [-0.05, 0) is 42.9 Å². The van der Waals surface area contributed by atoms with Gasteiger partial charge in [-0.25, -0.2) is 9.99 Å². The second kappa shape index (κ2) is 7.63. The number of hydrogen-bond donors (Lipinski definition) is 3. The maximum atomic E-state index is 12.5. The summed E-state index contributed by atoms with van der Waals surface area (Å²) >= 11 is 3.29. The van der Waals surface area contributed by atoms with Crippen LogP contribution in [0, 0.1) is 5.92 Å². The van der Waals surface area contributed by atoms with Crippen molar-refractivity contribution in [2.45, 2.75) is 37.5 Å². The van der Waals surface area contributed by atoms with Crippen LogP contribution in [0.4, 0.5) is 11.6 Å². The van der Waals surface area contributed by atoms with Crippen LogP contribution >= 0.6 is 23.1 Å². The van der Waals surface area contributed by atoms with Crippen LogP contribution in [-0.4, -0.2) is 33.1 Å². The molecule has 0 bridgehead atoms. The summed E-state index contributed by atoms with van der Waals surface area (Å²) in [6, 6.07) is 9.52. The van der Waals surface area contributed by atoms with Crippen LogP contribution in [0.5, 0.6) is 0 Å². The number of carbonyl (C=O) groups is 1. The molecule has 1 aromatic carbocycles. The van der Waals surface area contributed by atoms with Crippen molar-refractivity contribution < 1.29 is 4.79 Å². The number of fused-ring (bicyclic) bond motifs is 8. The quantitative estimate of drug-likeness (QED) is 0.524. The van der Waals surface area contributed by atoms with Crippen LogP contribution in [0.1, 0.15) is 35.5 Å². The lowest BCUT2D eigenvalue weighted by molar-refractivity contribution is -0.113. The minimum absolute atomic E-state index is 0.0530. The number of hydrazine groups is 1. The molecular formula is C21H23N7OS2. The topological polar surface area (TPSA) is 87.1 Å². The van der Waals surface area contributed by atoms with Crippen molar-refractivity contribution in [3.05, 3.63) is 46.3 Å². The van der Waals surface area contributed by atoms with Crippen LogP contribution < -0.4 is 21.1 Å². The highest BCUT2D eigenvalue weighted by Crippen LogP contribution is 2.48. The molecule has 2 aromatic heterocycles. The van der Waals surface area contributed by atoms with Gasteiger partial charge in [-0.3, -0.25) is 15.1 Å². The minimum atomic E-state index is -0.0530. The number of thiophene rings is 1. The van der Waals surface area contributed by atoms with Crippen molar-refractivity contribution in [1.29, 1.82) is 0 Å². The Bertz CT molecular complexity index is 1140. The largest absolute Gasteiger partial charge is 0.325 e. The average molecular weight is 454 g/mol. The van der Waals surface area contributed by atoms with Gasteiger partial charge in [0.1, 0.15) is 11.2 Å². The Hall–Kier alpha value is -2.40. The average Bonchev–Trinajstić information content (AvgIpc) is 3.48. The molecule has 3 N–H and O–H groups in total. The minimum Gasteiger partial charge on any atom is -0.325 e. The fourth-order valence-electron chi connectivity index (χ4n) is 4.57. The molecule has 10 heteroatoms. The number of amides is 1. The Balaban J connectivity index is 1.31. The fraction of sp³-hybridized carbons (Fsp3) is 0.381. The molecule has 0 spiro atoms. The van der Waals surface area contributed by atoms with Gasteiger partial charge >= 0.3 is 0 Å². The highest BCUT2D eigenvalue weighted by atomic mass is 32.2. The lowest BCUT2D eigenvalue weighted by Gasteiger charge is -2.31. The van der Waals surface area contributed by atoms with Gasteiger partial charge in [-0.1, -0.05) is 36.9 Å². The van der Waals surface area contributed by atoms with E-state index in [-0.39, 0.29) is 17.8 Å². The van der Waals surface area contributed by atoms with Crippen molar-refractivity contribution >= 4 is 40.6 Å². The molecule has 2 aliphatic heterocycles. The summed E-state index contributed by atoms with van der Waals surface area (Å²) in [5.74, 6) is 1.72. The number of para-hydroxylation sites is 1. The lowest BCUT2D eigenvalue weighted by Crippen LogP contribution is -2.39. The normalized spacial score (nSPS) is 21.3. The summed E-state index contributed by atoms with van der Waals surface area (Å²) in [6.07, 6.45) is 3.56. The van der Waals surface area contributed by atoms with Crippen molar-refractivity contribution in [3.8, 4) is 5.00 Å². The molecule has 31 heavy (non-hydrogen) atoms. The molecule has 0 radical (unpaired) electrons. The zero-order valence-electron chi connectivity index (χ0n) is 17.1. The van der Waals surface area contributed by atoms with Gasteiger partial charge in [0.15, 0.2) is 5.16 Å². The number of carbonyl (C=O) groups excluding carboxylic acids is 1. The van der Waals surface area contributed by atoms with E-state index in [1.54, 1.807) is 0 Å². The lowest BCUT2D eigenvalue weighted by atomic mass is 9.87. The first kappa shape index (κ1) is 19.3. The molecule has 1 fully saturated rings. The number of nitrogens with one attached hydrogen (secondary N) is 3. The second-order valence-electron chi connectivity index (χ2n) is 8.20. The van der Waals surface area contributed by atoms with Crippen molar-refractivity contribution in [2.75, 3.05) is 22.7 Å². The summed E-state index contributed by atoms with van der Waals surface area (Å²) < 4.78 is 2.12. The fourth-order valence-corrected chi connectivity index (χ4v) is 6.91. The molecule has 160 valence electrons. The summed E-state index contributed by atoms with van der Waals surface area (Å²) in [5.41, 5.74) is 7.02. The first-order valence-electron chi connectivity index (χ1n) is 10.5. The Morgan fingerprint density at radius 2 is 2.19 bits per heavy atom. The van der Waals surface area contributed by atoms with Gasteiger partial charge in [-0.2, -0.15) is 0 Å². The van der Waals surface area contributed by atoms with Gasteiger partial charge in [-0.15, -0.1) is 21.5 Å². The van der Waals surface area contributed by atoms with E-state index in [0.29, 0.717) is 12.6 Å². The second-order valence-corrected chi connectivity index (χ2v) is 10.2. The number of rotatable bonds is 4. The van der Waals surface area contributed by atoms with Gasteiger partial charge in [0.25, 0.3) is 0 Å². The molecule has 2 atom stereocenters. The third-order valence-corrected chi connectivity index (χ3v) is 8.22. The first-order chi connectivity index (χ1) is 15.2. The molecule has 6 rings (SSSR count). The number of thioether (sulfide) groups is 1. The smallest absolute Gasteiger partial charge is 0.249 e. The number of anilines is 2. The van der Waals surface area contributed by atoms with Crippen LogP contribution in [0.3, 0.4) is 0 Å². The van der Waals surface area contributed by atoms with Crippen molar-refractivity contribution in [1.82, 2.24) is 25.5 Å². The molecule has 1 aliphatic carbocycles. The van der Waals surface area contributed by atoms with E-state index in [1.165, 1.54) is 39.2 Å². The molecule has 0 saturated carbocycles. The molecule has 3 aromatic rings. The van der Waals surface area contributed by atoms with E-state index in [1.807, 2.05) is 41.7 Å². The standard InChI is InChI=1S/C21H23N7OS2/c1-12-7-8-14-15(9-12)31-19-17(14)18-22-11-23-28(18)20-25-26-21(27(19)20)30-10-16(29)24-13-5-3-2-4-6-13/h2-6,12,18,22-23H,7-11H2,1H3,(H,24,29)/t12-,18?/m1/s1. The zero-order chi connectivity index (χ0) is 20.9. The predicted molar refractivity (Wildman–Crippen MR) is 123 cm³/mol. The Kier molecular flexibility index (Phi) is 4.75. The van der Waals surface area contributed by atoms with E-state index in [4.69, 9.17) is 0 Å². The van der Waals surface area contributed by atoms with Gasteiger partial charge in [0.05, 0.1) is 12.4 Å². The van der Waals surface area contributed by atoms with E-state index in [0.717, 1.165) is 29.6 Å². The maximum absolute atomic E-state index is 12.5. The number of aromatic nitrogens is 3. The SMILES string of the molecule is C[C@@H]1CCc2c(sc3c2C2NCNN2c2nnc(SCC(=O)Nc4ccccc4)n2-3)C1. The summed E-state index contributed by atoms with van der Waals surface area (Å²) in [7, 11) is 0. The molecule has 4 heterocycles. The Morgan fingerprint density at radius 3 is 3.06 bits per heavy atom. The summed E-state index contributed by atoms with van der Waals surface area (Å²) in [4.78, 5) is 14.0. The predicted octanol–water partition coefficient (Wildman–Crippen LogP) is 3.07. The van der Waals surface area contributed by atoms with Crippen LogP contribution in [-0.2, 0) is 17.6 Å². The highest BCUT2D eigenvalue weighted by Gasteiger charge is 2.42. The molecule has 1 unspecified atom stereocenters. The van der Waals surface area contributed by atoms with E-state index >= 15 is 0 Å². The Morgan fingerprint density at radius 1 is 1.32 bits per heavy atom. The molecule has 1 amide bonds. The third-order valence-electron chi connectivity index (χ3n) is 6.03. The monoisotopic (exact) mass is 453 g/mol. The third kappa shape index (κ3) is 3.25. The first-order valence-corrected chi connectivity index (χ1v) is 12.3. The Labute approximate surface area is 188 Å². The number of hydrogen-bond acceptors (Lipinski definition) is 8. The van der Waals surface area contributed by atoms with Crippen LogP contribution in [0.25, 0.3) is 5.00 Å². The van der Waals surface area contributed by atoms with E-state index in [2.05, 4.69) is 42.8 Å². The molecule has 1 saturated heterocycles. The summed E-state index contributed by atoms with van der Waals surface area (Å²) in [5, 5.41) is 19.4. The highest BCUT2D eigenvalue weighted by molar-refractivity contribution is 7.99. The van der Waals surface area contributed by atoms with Gasteiger partial charge in [0, 0.05) is 16.1 Å². The van der Waals surface area contributed by atoms with Gasteiger partial charge in [0.2, 0.25) is 11.9 Å². The maximum Gasteiger partial charge on any atom is 0.249 e. The molecular weight excluding hydrogens is 430 g/mol. The van der Waals surface area contributed by atoms with Gasteiger partial charge < -0.3 is 5.32 Å². The number of benzene rings is 1. The molecule has 8 nitrogen and oxygen atoms in total. The van der Waals surface area contributed by atoms with E-state index in [9.17, 15) is 4.79 Å². The van der Waals surface area contributed by atoms with Crippen molar-refractivity contribution in [3.63, 3.8) is 0 Å². The summed E-state index contributed by atoms with van der Waals surface area (Å²) in [6.45, 7) is 3.03. The molecule has 3 aliphatic rings. The van der Waals surface area contributed by atoms with Crippen LogP contribution in [0.2, 0.25) is 0 Å². The van der Waals surface area contributed by atoms with Crippen LogP contribution in [0.15, 0.2) is 35.5 Å². The van der Waals surface area contributed by atoms with Crippen molar-refractivity contribution in [2.24, 2.45) is 5.92 Å². The van der Waals surface area contributed by atoms with E-state index < -0.39 is 0 Å². The number of nitrogens with zero attached hydrogens (tertiary/aromatic N) is 4.